The van der Waals surface area contributed by atoms with Gasteiger partial charge >= 0.3 is 0 Å². The molecule has 2 saturated heterocycles. The molecule has 1 unspecified atom stereocenters. The number of anilines is 1. The molecule has 134 valence electrons. The van der Waals surface area contributed by atoms with E-state index in [2.05, 4.69) is 14.9 Å². The average Bonchev–Trinajstić information content (AvgIpc) is 2.90. The third-order valence-corrected chi connectivity index (χ3v) is 5.36. The first-order chi connectivity index (χ1) is 12.2. The number of ether oxygens (including phenoxy) is 3. The lowest BCUT2D eigenvalue weighted by atomic mass is 9.99. The van der Waals surface area contributed by atoms with Gasteiger partial charge in [-0.25, -0.2) is 9.97 Å². The maximum atomic E-state index is 10.1. The van der Waals surface area contributed by atoms with Crippen LogP contribution >= 0.6 is 0 Å². The van der Waals surface area contributed by atoms with Crippen LogP contribution in [-0.2, 0) is 0 Å². The van der Waals surface area contributed by atoms with E-state index in [1.807, 2.05) is 6.07 Å². The summed E-state index contributed by atoms with van der Waals surface area (Å²) in [6, 6.07) is 2.54. The minimum atomic E-state index is -0.217. The molecule has 7 heteroatoms. The van der Waals surface area contributed by atoms with Gasteiger partial charge in [-0.3, -0.25) is 0 Å². The van der Waals surface area contributed by atoms with Crippen molar-refractivity contribution in [3.05, 3.63) is 12.4 Å². The Hall–Kier alpha value is -2.28. The van der Waals surface area contributed by atoms with Crippen molar-refractivity contribution in [3.63, 3.8) is 0 Å². The van der Waals surface area contributed by atoms with E-state index in [0.29, 0.717) is 34.8 Å². The molecule has 0 saturated carbocycles. The maximum absolute atomic E-state index is 10.1. The minimum Gasteiger partial charge on any atom is -0.493 e. The molecular formula is C18H23N3O4. The molecule has 7 nitrogen and oxygen atoms in total. The zero-order valence-electron chi connectivity index (χ0n) is 14.7. The summed E-state index contributed by atoms with van der Waals surface area (Å²) in [5.41, 5.74) is 0.704. The number of fused-ring (bicyclic) bond motifs is 3. The lowest BCUT2D eigenvalue weighted by Crippen LogP contribution is -2.45. The third kappa shape index (κ3) is 2.45. The quantitative estimate of drug-likeness (QED) is 0.910. The van der Waals surface area contributed by atoms with E-state index in [1.165, 1.54) is 0 Å². The van der Waals surface area contributed by atoms with Gasteiger partial charge in [-0.15, -0.1) is 0 Å². The smallest absolute Gasteiger partial charge is 0.205 e. The summed E-state index contributed by atoms with van der Waals surface area (Å²) >= 11 is 0. The molecule has 1 N–H and O–H groups in total. The van der Waals surface area contributed by atoms with Crippen molar-refractivity contribution >= 4 is 16.7 Å². The first-order valence-electron chi connectivity index (χ1n) is 8.58. The van der Waals surface area contributed by atoms with E-state index in [9.17, 15) is 5.11 Å². The largest absolute Gasteiger partial charge is 0.493 e. The summed E-state index contributed by atoms with van der Waals surface area (Å²) < 4.78 is 16.5. The summed E-state index contributed by atoms with van der Waals surface area (Å²) in [6.07, 6.45) is 5.08. The molecule has 0 radical (unpaired) electrons. The number of benzene rings is 1. The molecule has 25 heavy (non-hydrogen) atoms. The van der Waals surface area contributed by atoms with Crippen LogP contribution in [0.3, 0.4) is 0 Å². The SMILES string of the molecule is COc1cc2c(N3[C@@H]4CC[C@H]3CC(O)C4)ncnc2c(OC)c1OC. The number of hydrogen-bond acceptors (Lipinski definition) is 7. The Bertz CT molecular complexity index is 783. The summed E-state index contributed by atoms with van der Waals surface area (Å²) in [5, 5.41) is 11.0. The van der Waals surface area contributed by atoms with E-state index in [4.69, 9.17) is 14.2 Å². The van der Waals surface area contributed by atoms with Crippen LogP contribution in [0.15, 0.2) is 12.4 Å². The molecule has 3 atom stereocenters. The second-order valence-corrected chi connectivity index (χ2v) is 6.66. The normalized spacial score (nSPS) is 25.3. The van der Waals surface area contributed by atoms with Crippen LogP contribution < -0.4 is 19.1 Å². The highest BCUT2D eigenvalue weighted by atomic mass is 16.5. The van der Waals surface area contributed by atoms with Gasteiger partial charge in [0.25, 0.3) is 0 Å². The van der Waals surface area contributed by atoms with Crippen LogP contribution in [0.1, 0.15) is 25.7 Å². The van der Waals surface area contributed by atoms with Crippen LogP contribution in [-0.4, -0.2) is 54.6 Å². The number of rotatable bonds is 4. The maximum Gasteiger partial charge on any atom is 0.205 e. The second kappa shape index (κ2) is 6.22. The van der Waals surface area contributed by atoms with Gasteiger partial charge in [0.1, 0.15) is 17.7 Å². The van der Waals surface area contributed by atoms with Crippen LogP contribution in [0.5, 0.6) is 17.2 Å². The Labute approximate surface area is 146 Å². The Balaban J connectivity index is 1.91. The van der Waals surface area contributed by atoms with E-state index < -0.39 is 0 Å². The van der Waals surface area contributed by atoms with E-state index >= 15 is 0 Å². The summed E-state index contributed by atoms with van der Waals surface area (Å²) in [4.78, 5) is 11.4. The zero-order valence-corrected chi connectivity index (χ0v) is 14.7. The fourth-order valence-electron chi connectivity index (χ4n) is 4.35. The molecule has 1 aromatic heterocycles. The van der Waals surface area contributed by atoms with Gasteiger partial charge in [-0.1, -0.05) is 0 Å². The third-order valence-electron chi connectivity index (χ3n) is 5.36. The van der Waals surface area contributed by atoms with Crippen LogP contribution in [0.4, 0.5) is 5.82 Å². The van der Waals surface area contributed by atoms with Gasteiger partial charge in [0, 0.05) is 12.1 Å². The molecule has 0 spiro atoms. The first kappa shape index (κ1) is 16.2. The van der Waals surface area contributed by atoms with Crippen molar-refractivity contribution in [2.45, 2.75) is 43.9 Å². The molecular weight excluding hydrogens is 322 g/mol. The molecule has 2 aliphatic rings. The Morgan fingerprint density at radius 3 is 2.28 bits per heavy atom. The van der Waals surface area contributed by atoms with Crippen molar-refractivity contribution < 1.29 is 19.3 Å². The molecule has 2 fully saturated rings. The molecule has 2 aliphatic heterocycles. The molecule has 3 heterocycles. The van der Waals surface area contributed by atoms with Gasteiger partial charge in [-0.2, -0.15) is 0 Å². The number of aliphatic hydroxyl groups is 1. The van der Waals surface area contributed by atoms with Crippen molar-refractivity contribution in [2.24, 2.45) is 0 Å². The van der Waals surface area contributed by atoms with Crippen LogP contribution in [0, 0.1) is 0 Å². The van der Waals surface area contributed by atoms with Gasteiger partial charge in [0.05, 0.1) is 32.8 Å². The standard InChI is InChI=1S/C18H23N3O4/c1-23-14-8-13-15(17(25-3)16(14)24-2)19-9-20-18(13)21-10-4-5-11(21)7-12(22)6-10/h8-12,22H,4-7H2,1-3H3/t10-,11+,12?. The van der Waals surface area contributed by atoms with Gasteiger partial charge in [-0.05, 0) is 31.7 Å². The number of aromatic nitrogens is 2. The fraction of sp³-hybridized carbons (Fsp3) is 0.556. The lowest BCUT2D eigenvalue weighted by Gasteiger charge is -2.38. The minimum absolute atomic E-state index is 0.217. The summed E-state index contributed by atoms with van der Waals surface area (Å²) in [7, 11) is 4.79. The van der Waals surface area contributed by atoms with Crippen LogP contribution in [0.2, 0.25) is 0 Å². The van der Waals surface area contributed by atoms with Gasteiger partial charge in [0.2, 0.25) is 5.75 Å². The highest BCUT2D eigenvalue weighted by molar-refractivity contribution is 5.97. The fourth-order valence-corrected chi connectivity index (χ4v) is 4.35. The predicted octanol–water partition coefficient (Wildman–Crippen LogP) is 2.15. The Kier molecular flexibility index (Phi) is 4.03. The van der Waals surface area contributed by atoms with Crippen molar-refractivity contribution in [2.75, 3.05) is 26.2 Å². The van der Waals surface area contributed by atoms with Crippen molar-refractivity contribution in [3.8, 4) is 17.2 Å². The molecule has 0 aliphatic carbocycles. The van der Waals surface area contributed by atoms with Gasteiger partial charge < -0.3 is 24.2 Å². The lowest BCUT2D eigenvalue weighted by molar-refractivity contribution is 0.126. The molecule has 0 amide bonds. The van der Waals surface area contributed by atoms with Crippen molar-refractivity contribution in [1.82, 2.24) is 9.97 Å². The summed E-state index contributed by atoms with van der Waals surface area (Å²) in [6.45, 7) is 0. The Morgan fingerprint density at radius 2 is 1.68 bits per heavy atom. The highest BCUT2D eigenvalue weighted by Gasteiger charge is 2.41. The van der Waals surface area contributed by atoms with E-state index in [-0.39, 0.29) is 6.10 Å². The van der Waals surface area contributed by atoms with E-state index in [0.717, 1.165) is 36.9 Å². The number of methoxy groups -OCH3 is 3. The molecule has 2 bridgehead atoms. The average molecular weight is 345 g/mol. The zero-order chi connectivity index (χ0) is 17.6. The van der Waals surface area contributed by atoms with E-state index in [1.54, 1.807) is 27.7 Å². The monoisotopic (exact) mass is 345 g/mol. The molecule has 1 aromatic carbocycles. The number of aliphatic hydroxyl groups excluding tert-OH is 1. The number of nitrogens with zero attached hydrogens (tertiary/aromatic N) is 3. The first-order valence-corrected chi connectivity index (χ1v) is 8.58. The van der Waals surface area contributed by atoms with Crippen molar-refractivity contribution in [1.29, 1.82) is 0 Å². The van der Waals surface area contributed by atoms with Gasteiger partial charge in [0.15, 0.2) is 11.5 Å². The number of hydrogen-bond donors (Lipinski definition) is 1. The highest BCUT2D eigenvalue weighted by Crippen LogP contribution is 2.47. The van der Waals surface area contributed by atoms with Crippen LogP contribution in [0.25, 0.3) is 10.9 Å². The second-order valence-electron chi connectivity index (χ2n) is 6.66. The summed E-state index contributed by atoms with van der Waals surface area (Å²) in [5.74, 6) is 2.54. The number of piperidine rings is 1. The topological polar surface area (TPSA) is 76.9 Å². The predicted molar refractivity (Wildman–Crippen MR) is 93.7 cm³/mol. The molecule has 4 rings (SSSR count). The Morgan fingerprint density at radius 1 is 1.00 bits per heavy atom. The molecule has 2 aromatic rings.